The summed E-state index contributed by atoms with van der Waals surface area (Å²) in [5, 5.41) is 2.37. The molecule has 0 aromatic heterocycles. The molecule has 1 saturated carbocycles. The Labute approximate surface area is 83.0 Å². The van der Waals surface area contributed by atoms with Crippen LogP contribution in [0.25, 0.3) is 0 Å². The zero-order valence-electron chi connectivity index (χ0n) is 8.12. The predicted molar refractivity (Wildman–Crippen MR) is 50.4 cm³/mol. The van der Waals surface area contributed by atoms with E-state index in [0.29, 0.717) is 0 Å². The van der Waals surface area contributed by atoms with Crippen LogP contribution in [0.4, 0.5) is 0 Å². The molecule has 80 valence electrons. The van der Waals surface area contributed by atoms with Crippen molar-refractivity contribution in [2.24, 2.45) is 5.73 Å². The van der Waals surface area contributed by atoms with Crippen molar-refractivity contribution in [2.45, 2.75) is 31.8 Å². The average Bonchev–Trinajstić information content (AvgIpc) is 2.66. The summed E-state index contributed by atoms with van der Waals surface area (Å²) in [6, 6.07) is 0. The maximum atomic E-state index is 11.1. The van der Waals surface area contributed by atoms with E-state index < -0.39 is 0 Å². The van der Waals surface area contributed by atoms with Crippen molar-refractivity contribution in [2.75, 3.05) is 13.1 Å². The second-order valence-corrected chi connectivity index (χ2v) is 3.38. The molecule has 0 unspecified atom stereocenters. The number of carbonyl (C=O) groups excluding carboxylic acids is 2. The van der Waals surface area contributed by atoms with Crippen molar-refractivity contribution in [3.8, 4) is 0 Å². The highest BCUT2D eigenvalue weighted by Crippen LogP contribution is 2.20. The van der Waals surface area contributed by atoms with E-state index in [9.17, 15) is 9.59 Å². The van der Waals surface area contributed by atoms with Crippen molar-refractivity contribution in [1.82, 2.24) is 5.32 Å². The molecule has 0 saturated heterocycles. The molecule has 0 spiro atoms. The SMILES string of the molecule is NCC(=O)NCC(=O)OC1CCCC1. The first kappa shape index (κ1) is 11.0. The van der Waals surface area contributed by atoms with Crippen molar-refractivity contribution in [3.05, 3.63) is 0 Å². The number of hydrogen-bond acceptors (Lipinski definition) is 4. The Hall–Kier alpha value is -1.10. The molecule has 1 aliphatic carbocycles. The highest BCUT2D eigenvalue weighted by atomic mass is 16.5. The molecule has 0 aromatic rings. The lowest BCUT2D eigenvalue weighted by molar-refractivity contribution is -0.148. The fourth-order valence-corrected chi connectivity index (χ4v) is 1.48. The van der Waals surface area contributed by atoms with Crippen LogP contribution in [0.1, 0.15) is 25.7 Å². The third-order valence-corrected chi connectivity index (χ3v) is 2.22. The Bertz CT molecular complexity index is 212. The smallest absolute Gasteiger partial charge is 0.325 e. The normalized spacial score (nSPS) is 16.6. The molecule has 0 bridgehead atoms. The van der Waals surface area contributed by atoms with Gasteiger partial charge in [-0.25, -0.2) is 0 Å². The summed E-state index contributed by atoms with van der Waals surface area (Å²) < 4.78 is 5.11. The van der Waals surface area contributed by atoms with Gasteiger partial charge in [-0.15, -0.1) is 0 Å². The zero-order chi connectivity index (χ0) is 10.4. The van der Waals surface area contributed by atoms with E-state index in [-0.39, 0.29) is 31.1 Å². The minimum Gasteiger partial charge on any atom is -0.461 e. The largest absolute Gasteiger partial charge is 0.461 e. The van der Waals surface area contributed by atoms with E-state index in [1.54, 1.807) is 0 Å². The summed E-state index contributed by atoms with van der Waals surface area (Å²) in [5.74, 6) is -0.716. The number of hydrogen-bond donors (Lipinski definition) is 2. The number of amides is 1. The molecule has 1 amide bonds. The Balaban J connectivity index is 2.12. The first-order valence-corrected chi connectivity index (χ1v) is 4.88. The van der Waals surface area contributed by atoms with Crippen molar-refractivity contribution >= 4 is 11.9 Å². The van der Waals surface area contributed by atoms with Gasteiger partial charge in [0.05, 0.1) is 6.54 Å². The summed E-state index contributed by atoms with van der Waals surface area (Å²) in [5.41, 5.74) is 5.06. The van der Waals surface area contributed by atoms with Crippen LogP contribution in [0, 0.1) is 0 Å². The molecule has 0 aromatic carbocycles. The quantitative estimate of drug-likeness (QED) is 0.602. The standard InChI is InChI=1S/C9H16N2O3/c10-5-8(12)11-6-9(13)14-7-3-1-2-4-7/h7H,1-6,10H2,(H,11,12). The van der Waals surface area contributed by atoms with Gasteiger partial charge in [-0.3, -0.25) is 9.59 Å². The molecule has 1 rings (SSSR count). The predicted octanol–water partition coefficient (Wildman–Crippen LogP) is -0.453. The topological polar surface area (TPSA) is 81.4 Å². The van der Waals surface area contributed by atoms with Gasteiger partial charge < -0.3 is 15.8 Å². The molecule has 1 aliphatic rings. The Morgan fingerprint density at radius 3 is 2.57 bits per heavy atom. The van der Waals surface area contributed by atoms with Crippen molar-refractivity contribution in [1.29, 1.82) is 0 Å². The number of rotatable bonds is 4. The summed E-state index contributed by atoms with van der Waals surface area (Å²) in [7, 11) is 0. The number of esters is 1. The number of nitrogens with one attached hydrogen (secondary N) is 1. The van der Waals surface area contributed by atoms with Gasteiger partial charge >= 0.3 is 5.97 Å². The van der Waals surface area contributed by atoms with Gasteiger partial charge in [0.2, 0.25) is 5.91 Å². The van der Waals surface area contributed by atoms with Gasteiger partial charge in [-0.05, 0) is 25.7 Å². The Kier molecular flexibility index (Phi) is 4.39. The Morgan fingerprint density at radius 1 is 1.36 bits per heavy atom. The maximum Gasteiger partial charge on any atom is 0.325 e. The molecule has 0 heterocycles. The second kappa shape index (κ2) is 5.59. The van der Waals surface area contributed by atoms with Gasteiger partial charge in [0, 0.05) is 0 Å². The first-order chi connectivity index (χ1) is 6.72. The van der Waals surface area contributed by atoms with Gasteiger partial charge in [0.15, 0.2) is 0 Å². The van der Waals surface area contributed by atoms with Gasteiger partial charge in [-0.1, -0.05) is 0 Å². The van der Waals surface area contributed by atoms with E-state index in [4.69, 9.17) is 10.5 Å². The highest BCUT2D eigenvalue weighted by Gasteiger charge is 2.18. The third kappa shape index (κ3) is 3.74. The van der Waals surface area contributed by atoms with Crippen molar-refractivity contribution < 1.29 is 14.3 Å². The molecule has 14 heavy (non-hydrogen) atoms. The van der Waals surface area contributed by atoms with Crippen LogP contribution >= 0.6 is 0 Å². The average molecular weight is 200 g/mol. The number of ether oxygens (including phenoxy) is 1. The summed E-state index contributed by atoms with van der Waals surface area (Å²) >= 11 is 0. The Morgan fingerprint density at radius 2 is 2.00 bits per heavy atom. The monoisotopic (exact) mass is 200 g/mol. The van der Waals surface area contributed by atoms with E-state index in [1.807, 2.05) is 0 Å². The highest BCUT2D eigenvalue weighted by molar-refractivity contribution is 5.83. The van der Waals surface area contributed by atoms with Gasteiger partial charge in [-0.2, -0.15) is 0 Å². The molecular weight excluding hydrogens is 184 g/mol. The third-order valence-electron chi connectivity index (χ3n) is 2.22. The lowest BCUT2D eigenvalue weighted by atomic mass is 10.3. The fraction of sp³-hybridized carbons (Fsp3) is 0.778. The molecule has 0 radical (unpaired) electrons. The zero-order valence-corrected chi connectivity index (χ0v) is 8.12. The van der Waals surface area contributed by atoms with Crippen LogP contribution in [0.3, 0.4) is 0 Å². The molecule has 0 aliphatic heterocycles. The second-order valence-electron chi connectivity index (χ2n) is 3.38. The van der Waals surface area contributed by atoms with E-state index in [1.165, 1.54) is 0 Å². The van der Waals surface area contributed by atoms with Crippen LogP contribution in [0.2, 0.25) is 0 Å². The van der Waals surface area contributed by atoms with Crippen LogP contribution in [-0.2, 0) is 14.3 Å². The minimum absolute atomic E-state index is 0.0530. The van der Waals surface area contributed by atoms with E-state index in [2.05, 4.69) is 5.32 Å². The minimum atomic E-state index is -0.376. The van der Waals surface area contributed by atoms with E-state index >= 15 is 0 Å². The van der Waals surface area contributed by atoms with Gasteiger partial charge in [0.25, 0.3) is 0 Å². The van der Waals surface area contributed by atoms with Crippen LogP contribution < -0.4 is 11.1 Å². The number of nitrogens with two attached hydrogens (primary N) is 1. The number of carbonyl (C=O) groups is 2. The molecule has 1 fully saturated rings. The molecular formula is C9H16N2O3. The van der Waals surface area contributed by atoms with Crippen LogP contribution in [0.15, 0.2) is 0 Å². The molecule has 5 heteroatoms. The lowest BCUT2D eigenvalue weighted by Gasteiger charge is -2.11. The van der Waals surface area contributed by atoms with Gasteiger partial charge in [0.1, 0.15) is 12.6 Å². The summed E-state index contributed by atoms with van der Waals surface area (Å²) in [6.45, 7) is -0.177. The lowest BCUT2D eigenvalue weighted by Crippen LogP contribution is -2.35. The van der Waals surface area contributed by atoms with E-state index in [0.717, 1.165) is 25.7 Å². The molecule has 0 atom stereocenters. The maximum absolute atomic E-state index is 11.1. The van der Waals surface area contributed by atoms with Crippen molar-refractivity contribution in [3.63, 3.8) is 0 Å². The van der Waals surface area contributed by atoms with Crippen LogP contribution in [0.5, 0.6) is 0 Å². The summed E-state index contributed by atoms with van der Waals surface area (Å²) in [6.07, 6.45) is 4.17. The van der Waals surface area contributed by atoms with Crippen LogP contribution in [-0.4, -0.2) is 31.1 Å². The molecule has 3 N–H and O–H groups in total. The molecule has 5 nitrogen and oxygen atoms in total. The summed E-state index contributed by atoms with van der Waals surface area (Å²) in [4.78, 5) is 21.9. The first-order valence-electron chi connectivity index (χ1n) is 4.88. The fourth-order valence-electron chi connectivity index (χ4n) is 1.48.